The van der Waals surface area contributed by atoms with Crippen LogP contribution in [0.5, 0.6) is 0 Å². The van der Waals surface area contributed by atoms with Crippen molar-refractivity contribution in [2.75, 3.05) is 10.6 Å². The Labute approximate surface area is 174 Å². The van der Waals surface area contributed by atoms with Gasteiger partial charge in [0, 0.05) is 19.5 Å². The predicted molar refractivity (Wildman–Crippen MR) is 118 cm³/mol. The van der Waals surface area contributed by atoms with Gasteiger partial charge in [-0.25, -0.2) is 4.98 Å². The van der Waals surface area contributed by atoms with Crippen LogP contribution in [0, 0.1) is 12.8 Å². The number of allylic oxidation sites excluding steroid dienone is 1. The summed E-state index contributed by atoms with van der Waals surface area (Å²) in [4.78, 5) is 21.0. The molecular formula is C21H26N6OS. The number of aryl methyl sites for hydroxylation is 1. The molecule has 2 N–H and O–H groups in total. The lowest BCUT2D eigenvalue weighted by Gasteiger charge is -2.29. The van der Waals surface area contributed by atoms with Gasteiger partial charge in [0.1, 0.15) is 5.82 Å². The molecule has 3 heterocycles. The second-order valence-electron chi connectivity index (χ2n) is 7.66. The molecule has 0 aliphatic heterocycles. The average molecular weight is 411 g/mol. The standard InChI is InChI=1S/C21H26N6OS/c1-4-16(28)11-14-5-7-15(8-6-14)23-20-19-17(9-10-29-19)24-21(26-20)25-18-12-22-27(3)13(18)2/h4,9-10,12,14-15H,1,5-8,11H2,2-3H3,(H2,23,24,25,26). The fourth-order valence-corrected chi connectivity index (χ4v) is 4.61. The largest absolute Gasteiger partial charge is 0.366 e. The highest BCUT2D eigenvalue weighted by Gasteiger charge is 2.23. The van der Waals surface area contributed by atoms with Gasteiger partial charge in [-0.05, 0) is 56.0 Å². The monoisotopic (exact) mass is 410 g/mol. The Kier molecular flexibility index (Phi) is 5.62. The minimum atomic E-state index is 0.152. The number of fused-ring (bicyclic) bond motifs is 1. The molecule has 1 saturated carbocycles. The molecule has 3 aromatic heterocycles. The van der Waals surface area contributed by atoms with Crippen molar-refractivity contribution in [1.29, 1.82) is 0 Å². The minimum absolute atomic E-state index is 0.152. The maximum Gasteiger partial charge on any atom is 0.229 e. The second-order valence-corrected chi connectivity index (χ2v) is 8.58. The Hall–Kier alpha value is -2.74. The zero-order chi connectivity index (χ0) is 20.4. The van der Waals surface area contributed by atoms with Gasteiger partial charge in [-0.3, -0.25) is 9.48 Å². The number of hydrogen-bond acceptors (Lipinski definition) is 7. The number of carbonyl (C=O) groups excluding carboxylic acids is 1. The number of thiophene rings is 1. The number of anilines is 3. The van der Waals surface area contributed by atoms with E-state index in [0.29, 0.717) is 24.3 Å². The number of aromatic nitrogens is 4. The molecule has 1 fully saturated rings. The highest BCUT2D eigenvalue weighted by molar-refractivity contribution is 7.17. The third-order valence-electron chi connectivity index (χ3n) is 5.69. The molecule has 0 bridgehead atoms. The average Bonchev–Trinajstić information content (AvgIpc) is 3.31. The topological polar surface area (TPSA) is 84.7 Å². The van der Waals surface area contributed by atoms with Crippen molar-refractivity contribution < 1.29 is 4.79 Å². The third-order valence-corrected chi connectivity index (χ3v) is 6.60. The first-order chi connectivity index (χ1) is 14.0. The summed E-state index contributed by atoms with van der Waals surface area (Å²) in [5.41, 5.74) is 2.86. The Morgan fingerprint density at radius 1 is 1.34 bits per heavy atom. The van der Waals surface area contributed by atoms with Crippen molar-refractivity contribution in [2.24, 2.45) is 13.0 Å². The summed E-state index contributed by atoms with van der Waals surface area (Å²) in [6.45, 7) is 5.59. The van der Waals surface area contributed by atoms with E-state index in [9.17, 15) is 4.79 Å². The molecule has 0 spiro atoms. The summed E-state index contributed by atoms with van der Waals surface area (Å²) in [7, 11) is 1.91. The highest BCUT2D eigenvalue weighted by Crippen LogP contribution is 2.33. The van der Waals surface area contributed by atoms with Gasteiger partial charge in [0.25, 0.3) is 0 Å². The molecule has 0 amide bonds. The van der Waals surface area contributed by atoms with Gasteiger partial charge in [-0.1, -0.05) is 6.58 Å². The van der Waals surface area contributed by atoms with Crippen molar-refractivity contribution in [3.05, 3.63) is 36.0 Å². The van der Waals surface area contributed by atoms with Crippen LogP contribution in [0.1, 0.15) is 37.8 Å². The molecule has 0 atom stereocenters. The molecule has 1 aliphatic rings. The maximum atomic E-state index is 11.6. The van der Waals surface area contributed by atoms with Gasteiger partial charge in [-0.2, -0.15) is 10.1 Å². The van der Waals surface area contributed by atoms with Crippen LogP contribution < -0.4 is 10.6 Å². The summed E-state index contributed by atoms with van der Waals surface area (Å²) in [6, 6.07) is 2.38. The van der Waals surface area contributed by atoms with E-state index in [4.69, 9.17) is 4.98 Å². The second kappa shape index (κ2) is 8.32. The Morgan fingerprint density at radius 3 is 2.83 bits per heavy atom. The summed E-state index contributed by atoms with van der Waals surface area (Å²) in [5.74, 6) is 2.06. The van der Waals surface area contributed by atoms with Crippen LogP contribution in [-0.2, 0) is 11.8 Å². The van der Waals surface area contributed by atoms with Crippen molar-refractivity contribution in [1.82, 2.24) is 19.7 Å². The summed E-state index contributed by atoms with van der Waals surface area (Å²) in [6.07, 6.45) is 8.03. The van der Waals surface area contributed by atoms with Gasteiger partial charge < -0.3 is 10.6 Å². The van der Waals surface area contributed by atoms with Crippen molar-refractivity contribution in [2.45, 2.75) is 45.1 Å². The van der Waals surface area contributed by atoms with E-state index in [0.717, 1.165) is 53.1 Å². The summed E-state index contributed by atoms with van der Waals surface area (Å²) >= 11 is 1.65. The van der Waals surface area contributed by atoms with Crippen LogP contribution in [0.15, 0.2) is 30.3 Å². The lowest BCUT2D eigenvalue weighted by molar-refractivity contribution is -0.115. The Balaban J connectivity index is 1.49. The predicted octanol–water partition coefficient (Wildman–Crippen LogP) is 4.59. The van der Waals surface area contributed by atoms with Crippen LogP contribution in [0.3, 0.4) is 0 Å². The first kappa shape index (κ1) is 19.6. The fourth-order valence-electron chi connectivity index (χ4n) is 3.83. The number of rotatable bonds is 7. The van der Waals surface area contributed by atoms with E-state index in [2.05, 4.69) is 27.3 Å². The number of nitrogens with one attached hydrogen (secondary N) is 2. The zero-order valence-corrected chi connectivity index (χ0v) is 17.6. The van der Waals surface area contributed by atoms with Crippen LogP contribution in [0.2, 0.25) is 0 Å². The molecule has 0 unspecified atom stereocenters. The number of hydrogen-bond donors (Lipinski definition) is 2. The molecule has 0 saturated heterocycles. The zero-order valence-electron chi connectivity index (χ0n) is 16.8. The van der Waals surface area contributed by atoms with E-state index < -0.39 is 0 Å². The molecule has 3 aromatic rings. The van der Waals surface area contributed by atoms with Crippen molar-refractivity contribution >= 4 is 44.8 Å². The van der Waals surface area contributed by atoms with Gasteiger partial charge in [0.15, 0.2) is 5.78 Å². The number of ketones is 1. The van der Waals surface area contributed by atoms with Gasteiger partial charge >= 0.3 is 0 Å². The molecule has 0 aromatic carbocycles. The molecule has 4 rings (SSSR count). The van der Waals surface area contributed by atoms with Crippen LogP contribution in [0.4, 0.5) is 17.5 Å². The SMILES string of the molecule is C=CC(=O)CC1CCC(Nc2nc(Nc3cnn(C)c3C)nc3ccsc23)CC1. The highest BCUT2D eigenvalue weighted by atomic mass is 32.1. The first-order valence-corrected chi connectivity index (χ1v) is 10.8. The molecule has 29 heavy (non-hydrogen) atoms. The van der Waals surface area contributed by atoms with E-state index in [-0.39, 0.29) is 5.78 Å². The van der Waals surface area contributed by atoms with E-state index >= 15 is 0 Å². The van der Waals surface area contributed by atoms with Gasteiger partial charge in [-0.15, -0.1) is 11.3 Å². The fraction of sp³-hybridized carbons (Fsp3) is 0.429. The smallest absolute Gasteiger partial charge is 0.229 e. The minimum Gasteiger partial charge on any atom is -0.366 e. The molecular weight excluding hydrogens is 384 g/mol. The molecule has 7 nitrogen and oxygen atoms in total. The number of nitrogens with zero attached hydrogens (tertiary/aromatic N) is 4. The lowest BCUT2D eigenvalue weighted by Crippen LogP contribution is -2.27. The van der Waals surface area contributed by atoms with Crippen LogP contribution in [0.25, 0.3) is 10.2 Å². The van der Waals surface area contributed by atoms with Gasteiger partial charge in [0.2, 0.25) is 5.95 Å². The van der Waals surface area contributed by atoms with E-state index in [1.54, 1.807) is 17.5 Å². The molecule has 152 valence electrons. The summed E-state index contributed by atoms with van der Waals surface area (Å²) < 4.78 is 2.89. The quantitative estimate of drug-likeness (QED) is 0.554. The third kappa shape index (κ3) is 4.32. The van der Waals surface area contributed by atoms with Crippen LogP contribution in [-0.4, -0.2) is 31.6 Å². The van der Waals surface area contributed by atoms with E-state index in [1.165, 1.54) is 6.08 Å². The normalized spacial score (nSPS) is 19.2. The maximum absolute atomic E-state index is 11.6. The van der Waals surface area contributed by atoms with Crippen molar-refractivity contribution in [3.8, 4) is 0 Å². The molecule has 1 aliphatic carbocycles. The lowest BCUT2D eigenvalue weighted by atomic mass is 9.83. The van der Waals surface area contributed by atoms with Crippen molar-refractivity contribution in [3.63, 3.8) is 0 Å². The van der Waals surface area contributed by atoms with Gasteiger partial charge in [0.05, 0.1) is 27.8 Å². The molecule has 0 radical (unpaired) electrons. The molecule has 8 heteroatoms. The Morgan fingerprint density at radius 2 is 2.14 bits per heavy atom. The van der Waals surface area contributed by atoms with Crippen LogP contribution >= 0.6 is 11.3 Å². The first-order valence-electron chi connectivity index (χ1n) is 9.96. The summed E-state index contributed by atoms with van der Waals surface area (Å²) in [5, 5.41) is 13.2. The Bertz CT molecular complexity index is 1030. The number of carbonyl (C=O) groups is 1. The van der Waals surface area contributed by atoms with E-state index in [1.807, 2.05) is 30.1 Å².